The van der Waals surface area contributed by atoms with E-state index in [1.165, 1.54) is 7.11 Å². The second-order valence-electron chi connectivity index (χ2n) is 4.63. The van der Waals surface area contributed by atoms with Crippen LogP contribution in [-0.2, 0) is 0 Å². The van der Waals surface area contributed by atoms with Crippen molar-refractivity contribution < 1.29 is 9.53 Å². The van der Waals surface area contributed by atoms with E-state index in [0.29, 0.717) is 16.9 Å². The minimum Gasteiger partial charge on any atom is -0.496 e. The Balaban J connectivity index is 2.44. The van der Waals surface area contributed by atoms with Gasteiger partial charge < -0.3 is 4.74 Å². The summed E-state index contributed by atoms with van der Waals surface area (Å²) in [6.07, 6.45) is 0. The predicted molar refractivity (Wildman–Crippen MR) is 84.6 cm³/mol. The topological polar surface area (TPSA) is 50.1 Å². The summed E-state index contributed by atoms with van der Waals surface area (Å²) >= 11 is 3.40. The lowest BCUT2D eigenvalue weighted by molar-refractivity contribution is 0.0977. The maximum Gasteiger partial charge on any atom is 0.184 e. The molecule has 0 aliphatic heterocycles. The number of hydrogen-bond acceptors (Lipinski definition) is 3. The van der Waals surface area contributed by atoms with Crippen molar-refractivity contribution in [3.63, 3.8) is 0 Å². The molecule has 2 rings (SSSR count). The highest BCUT2D eigenvalue weighted by Gasteiger charge is 2.24. The van der Waals surface area contributed by atoms with Crippen LogP contribution < -0.4 is 4.74 Å². The van der Waals surface area contributed by atoms with Crippen LogP contribution in [0.2, 0.25) is 0 Å². The Bertz CT molecular complexity index is 719. The van der Waals surface area contributed by atoms with E-state index in [2.05, 4.69) is 22.0 Å². The van der Waals surface area contributed by atoms with Gasteiger partial charge in [0.25, 0.3) is 0 Å². The smallest absolute Gasteiger partial charge is 0.184 e. The molecule has 0 radical (unpaired) electrons. The number of methoxy groups -OCH3 is 1. The van der Waals surface area contributed by atoms with Gasteiger partial charge in [-0.05, 0) is 30.7 Å². The number of aryl methyl sites for hydroxylation is 1. The van der Waals surface area contributed by atoms with Gasteiger partial charge in [0.05, 0.1) is 13.2 Å². The average molecular weight is 344 g/mol. The summed E-state index contributed by atoms with van der Waals surface area (Å²) in [5.74, 6) is -0.550. The number of nitrogens with zero attached hydrogens (tertiary/aromatic N) is 1. The molecule has 21 heavy (non-hydrogen) atoms. The number of carbonyl (C=O) groups is 1. The zero-order valence-electron chi connectivity index (χ0n) is 11.8. The van der Waals surface area contributed by atoms with Crippen LogP contribution in [-0.4, -0.2) is 12.9 Å². The van der Waals surface area contributed by atoms with Gasteiger partial charge in [0, 0.05) is 15.6 Å². The van der Waals surface area contributed by atoms with Gasteiger partial charge in [-0.25, -0.2) is 0 Å². The Hall–Kier alpha value is -2.12. The van der Waals surface area contributed by atoms with Crippen molar-refractivity contribution in [1.82, 2.24) is 0 Å². The van der Waals surface area contributed by atoms with Crippen molar-refractivity contribution in [3.8, 4) is 11.8 Å². The van der Waals surface area contributed by atoms with Gasteiger partial charge in [0.2, 0.25) is 0 Å². The number of halogens is 1. The molecule has 106 valence electrons. The first-order chi connectivity index (χ1) is 10.1. The number of carbonyl (C=O) groups excluding carboxylic acids is 1. The van der Waals surface area contributed by atoms with Gasteiger partial charge in [-0.1, -0.05) is 40.2 Å². The SMILES string of the molecule is COc1ccccc1C(C#N)C(=O)c1ccc(Br)c(C)c1. The van der Waals surface area contributed by atoms with E-state index in [1.54, 1.807) is 30.3 Å². The first-order valence-electron chi connectivity index (χ1n) is 6.41. The minimum absolute atomic E-state index is 0.224. The number of para-hydroxylation sites is 1. The lowest BCUT2D eigenvalue weighted by Gasteiger charge is -2.13. The van der Waals surface area contributed by atoms with Crippen molar-refractivity contribution in [2.75, 3.05) is 7.11 Å². The van der Waals surface area contributed by atoms with Crippen LogP contribution in [0.25, 0.3) is 0 Å². The third-order valence-corrected chi connectivity index (χ3v) is 4.17. The van der Waals surface area contributed by atoms with E-state index < -0.39 is 5.92 Å². The van der Waals surface area contributed by atoms with Gasteiger partial charge in [-0.3, -0.25) is 4.79 Å². The summed E-state index contributed by atoms with van der Waals surface area (Å²) in [4.78, 5) is 12.6. The van der Waals surface area contributed by atoms with Gasteiger partial charge in [0.15, 0.2) is 5.78 Å². The first-order valence-corrected chi connectivity index (χ1v) is 7.20. The number of hydrogen-bond donors (Lipinski definition) is 0. The summed E-state index contributed by atoms with van der Waals surface area (Å²) in [5, 5.41) is 9.42. The lowest BCUT2D eigenvalue weighted by Crippen LogP contribution is -2.12. The average Bonchev–Trinajstić information content (AvgIpc) is 2.51. The van der Waals surface area contributed by atoms with E-state index >= 15 is 0 Å². The highest BCUT2D eigenvalue weighted by Crippen LogP contribution is 2.29. The molecule has 2 aromatic rings. The number of ketones is 1. The Morgan fingerprint density at radius 2 is 2.00 bits per heavy atom. The highest BCUT2D eigenvalue weighted by atomic mass is 79.9. The zero-order chi connectivity index (χ0) is 15.4. The first kappa shape index (κ1) is 15.3. The molecule has 0 heterocycles. The van der Waals surface area contributed by atoms with Crippen LogP contribution in [0, 0.1) is 18.3 Å². The second kappa shape index (κ2) is 6.55. The van der Waals surface area contributed by atoms with Crippen molar-refractivity contribution >= 4 is 21.7 Å². The number of nitriles is 1. The molecule has 0 fully saturated rings. The summed E-state index contributed by atoms with van der Waals surface area (Å²) < 4.78 is 6.18. The fourth-order valence-corrected chi connectivity index (χ4v) is 2.39. The third kappa shape index (κ3) is 3.14. The van der Waals surface area contributed by atoms with E-state index in [9.17, 15) is 10.1 Å². The Morgan fingerprint density at radius 3 is 2.62 bits per heavy atom. The zero-order valence-corrected chi connectivity index (χ0v) is 13.3. The quantitative estimate of drug-likeness (QED) is 0.779. The van der Waals surface area contributed by atoms with Crippen molar-refractivity contribution in [3.05, 3.63) is 63.6 Å². The van der Waals surface area contributed by atoms with Crippen LogP contribution in [0.1, 0.15) is 27.4 Å². The van der Waals surface area contributed by atoms with Crippen LogP contribution in [0.5, 0.6) is 5.75 Å². The maximum absolute atomic E-state index is 12.6. The van der Waals surface area contributed by atoms with Crippen molar-refractivity contribution in [2.45, 2.75) is 12.8 Å². The summed E-state index contributed by atoms with van der Waals surface area (Å²) in [7, 11) is 1.53. The van der Waals surface area contributed by atoms with E-state index in [-0.39, 0.29) is 5.78 Å². The normalized spacial score (nSPS) is 11.5. The van der Waals surface area contributed by atoms with Crippen LogP contribution >= 0.6 is 15.9 Å². The Labute approximate surface area is 132 Å². The number of benzene rings is 2. The molecule has 1 unspecified atom stereocenters. The van der Waals surface area contributed by atoms with E-state index in [0.717, 1.165) is 10.0 Å². The molecule has 0 N–H and O–H groups in total. The number of ether oxygens (including phenoxy) is 1. The molecule has 0 aliphatic carbocycles. The van der Waals surface area contributed by atoms with Crippen molar-refractivity contribution in [2.24, 2.45) is 0 Å². The minimum atomic E-state index is -0.873. The van der Waals surface area contributed by atoms with Crippen LogP contribution in [0.15, 0.2) is 46.9 Å². The second-order valence-corrected chi connectivity index (χ2v) is 5.49. The largest absolute Gasteiger partial charge is 0.496 e. The molecular formula is C17H14BrNO2. The van der Waals surface area contributed by atoms with Gasteiger partial charge in [-0.2, -0.15) is 5.26 Å². The maximum atomic E-state index is 12.6. The fraction of sp³-hybridized carbons (Fsp3) is 0.176. The summed E-state index contributed by atoms with van der Waals surface area (Å²) in [6, 6.07) is 14.5. The monoisotopic (exact) mass is 343 g/mol. The molecule has 0 spiro atoms. The summed E-state index contributed by atoms with van der Waals surface area (Å²) in [5.41, 5.74) is 2.07. The van der Waals surface area contributed by atoms with Crippen LogP contribution in [0.4, 0.5) is 0 Å². The molecule has 4 heteroatoms. The summed E-state index contributed by atoms with van der Waals surface area (Å²) in [6.45, 7) is 1.91. The van der Waals surface area contributed by atoms with Gasteiger partial charge in [-0.15, -0.1) is 0 Å². The standard InChI is InChI=1S/C17H14BrNO2/c1-11-9-12(7-8-15(11)18)17(20)14(10-19)13-5-3-4-6-16(13)21-2/h3-9,14H,1-2H3. The fourth-order valence-electron chi connectivity index (χ4n) is 2.14. The molecule has 0 aromatic heterocycles. The molecular weight excluding hydrogens is 330 g/mol. The number of Topliss-reactive ketones (excluding diaryl/α,β-unsaturated/α-hetero) is 1. The molecule has 0 bridgehead atoms. The van der Waals surface area contributed by atoms with Gasteiger partial charge in [0.1, 0.15) is 11.7 Å². The molecule has 0 saturated heterocycles. The highest BCUT2D eigenvalue weighted by molar-refractivity contribution is 9.10. The molecule has 1 atom stereocenters. The van der Waals surface area contributed by atoms with Crippen molar-refractivity contribution in [1.29, 1.82) is 5.26 Å². The van der Waals surface area contributed by atoms with E-state index in [4.69, 9.17) is 4.74 Å². The molecule has 0 saturated carbocycles. The molecule has 3 nitrogen and oxygen atoms in total. The van der Waals surface area contributed by atoms with Gasteiger partial charge >= 0.3 is 0 Å². The third-order valence-electron chi connectivity index (χ3n) is 3.28. The Kier molecular flexibility index (Phi) is 4.77. The lowest BCUT2D eigenvalue weighted by atomic mass is 9.90. The molecule has 2 aromatic carbocycles. The number of rotatable bonds is 4. The molecule has 0 aliphatic rings. The van der Waals surface area contributed by atoms with E-state index in [1.807, 2.05) is 19.1 Å². The van der Waals surface area contributed by atoms with Crippen LogP contribution in [0.3, 0.4) is 0 Å². The Morgan fingerprint density at radius 1 is 1.29 bits per heavy atom. The predicted octanol–water partition coefficient (Wildman–Crippen LogP) is 4.26. The molecule has 0 amide bonds.